The second-order valence-electron chi connectivity index (χ2n) is 9.65. The van der Waals surface area contributed by atoms with E-state index in [-0.39, 0.29) is 0 Å². The molecule has 0 saturated carbocycles. The van der Waals surface area contributed by atoms with Crippen LogP contribution in [-0.4, -0.2) is 19.2 Å². The van der Waals surface area contributed by atoms with E-state index in [0.717, 1.165) is 19.6 Å². The van der Waals surface area contributed by atoms with Crippen LogP contribution >= 0.6 is 7.92 Å². The topological polar surface area (TPSA) is 12.5 Å². The zero-order chi connectivity index (χ0) is 24.9. The Hall–Kier alpha value is -3.45. The van der Waals surface area contributed by atoms with Gasteiger partial charge in [0.25, 0.3) is 0 Å². The summed E-state index contributed by atoms with van der Waals surface area (Å²) in [6.07, 6.45) is 2.35. The van der Waals surface area contributed by atoms with Crippen LogP contribution in [0.25, 0.3) is 10.8 Å². The summed E-state index contributed by atoms with van der Waals surface area (Å²) in [5, 5.41) is 6.84. The van der Waals surface area contributed by atoms with Crippen LogP contribution in [0, 0.1) is 0 Å². The SMILES string of the molecule is c1ccc(COC[C@@H]2CCCN2c2c(P(c3ccccc3)c3ccccc3)ccc3ccccc23)cc1. The second kappa shape index (κ2) is 11.3. The molecule has 37 heavy (non-hydrogen) atoms. The Morgan fingerprint density at radius 2 is 1.30 bits per heavy atom. The molecule has 1 atom stereocenters. The van der Waals surface area contributed by atoms with Crippen LogP contribution in [0.4, 0.5) is 5.69 Å². The summed E-state index contributed by atoms with van der Waals surface area (Å²) in [7, 11) is -0.707. The van der Waals surface area contributed by atoms with Crippen LogP contribution in [0.2, 0.25) is 0 Å². The van der Waals surface area contributed by atoms with Gasteiger partial charge >= 0.3 is 0 Å². The minimum absolute atomic E-state index is 0.372. The fourth-order valence-corrected chi connectivity index (χ4v) is 7.98. The quantitative estimate of drug-likeness (QED) is 0.217. The van der Waals surface area contributed by atoms with E-state index in [2.05, 4.69) is 132 Å². The molecule has 1 saturated heterocycles. The zero-order valence-electron chi connectivity index (χ0n) is 21.0. The van der Waals surface area contributed by atoms with Crippen molar-refractivity contribution in [3.63, 3.8) is 0 Å². The molecule has 0 bridgehead atoms. The normalized spacial score (nSPS) is 15.5. The average molecular weight is 502 g/mol. The number of anilines is 1. The lowest BCUT2D eigenvalue weighted by molar-refractivity contribution is 0.108. The number of hydrogen-bond donors (Lipinski definition) is 0. The second-order valence-corrected chi connectivity index (χ2v) is 11.8. The molecular formula is C34H32NOP. The molecule has 1 fully saturated rings. The molecule has 184 valence electrons. The third-order valence-corrected chi connectivity index (χ3v) is 9.71. The molecule has 0 amide bonds. The lowest BCUT2D eigenvalue weighted by atomic mass is 10.1. The van der Waals surface area contributed by atoms with Gasteiger partial charge in [-0.25, -0.2) is 0 Å². The molecule has 5 aromatic carbocycles. The first kappa shape index (κ1) is 23.9. The van der Waals surface area contributed by atoms with Crippen molar-refractivity contribution in [2.75, 3.05) is 18.1 Å². The molecule has 0 radical (unpaired) electrons. The van der Waals surface area contributed by atoms with Crippen molar-refractivity contribution in [3.05, 3.63) is 133 Å². The van der Waals surface area contributed by atoms with Crippen LogP contribution in [0.5, 0.6) is 0 Å². The maximum Gasteiger partial charge on any atom is 0.0717 e. The Bertz CT molecular complexity index is 1400. The van der Waals surface area contributed by atoms with Gasteiger partial charge in [0, 0.05) is 17.2 Å². The molecule has 6 rings (SSSR count). The number of benzene rings is 5. The predicted octanol–water partition coefficient (Wildman–Crippen LogP) is 6.78. The van der Waals surface area contributed by atoms with Gasteiger partial charge in [-0.2, -0.15) is 0 Å². The summed E-state index contributed by atoms with van der Waals surface area (Å²) in [4.78, 5) is 2.66. The molecule has 3 heteroatoms. The van der Waals surface area contributed by atoms with E-state index in [0.29, 0.717) is 12.6 Å². The first-order chi connectivity index (χ1) is 18.4. The summed E-state index contributed by atoms with van der Waals surface area (Å²) in [5.41, 5.74) is 2.62. The summed E-state index contributed by atoms with van der Waals surface area (Å²) < 4.78 is 6.30. The zero-order valence-corrected chi connectivity index (χ0v) is 21.9. The van der Waals surface area contributed by atoms with Crippen LogP contribution in [-0.2, 0) is 11.3 Å². The standard InChI is InChI=1S/C34H32NOP/c1-4-13-27(14-5-1)25-36-26-29-16-12-24-35(29)34-32-21-11-10-15-28(32)22-23-33(34)37(30-17-6-2-7-18-30)31-19-8-3-9-20-31/h1-11,13-15,17-23,29H,12,16,24-26H2/t29-/m0/s1. The van der Waals surface area contributed by atoms with Gasteiger partial charge in [-0.3, -0.25) is 0 Å². The van der Waals surface area contributed by atoms with Gasteiger partial charge in [-0.15, -0.1) is 0 Å². The van der Waals surface area contributed by atoms with Crippen molar-refractivity contribution in [2.45, 2.75) is 25.5 Å². The first-order valence-electron chi connectivity index (χ1n) is 13.2. The number of nitrogens with zero attached hydrogens (tertiary/aromatic N) is 1. The summed E-state index contributed by atoms with van der Waals surface area (Å²) in [6, 6.07) is 46.5. The third-order valence-electron chi connectivity index (χ3n) is 7.24. The Morgan fingerprint density at radius 1 is 0.676 bits per heavy atom. The van der Waals surface area contributed by atoms with Crippen LogP contribution in [0.1, 0.15) is 18.4 Å². The molecule has 0 unspecified atom stereocenters. The number of hydrogen-bond acceptors (Lipinski definition) is 2. The largest absolute Gasteiger partial charge is 0.375 e. The summed E-state index contributed by atoms with van der Waals surface area (Å²) in [5.74, 6) is 0. The van der Waals surface area contributed by atoms with E-state index in [4.69, 9.17) is 4.74 Å². The smallest absolute Gasteiger partial charge is 0.0717 e. The first-order valence-corrected chi connectivity index (χ1v) is 14.5. The Morgan fingerprint density at radius 3 is 2.00 bits per heavy atom. The van der Waals surface area contributed by atoms with E-state index < -0.39 is 7.92 Å². The minimum Gasteiger partial charge on any atom is -0.375 e. The highest BCUT2D eigenvalue weighted by molar-refractivity contribution is 7.80. The molecule has 2 nitrogen and oxygen atoms in total. The van der Waals surface area contributed by atoms with E-state index in [1.165, 1.54) is 44.4 Å². The number of fused-ring (bicyclic) bond motifs is 1. The van der Waals surface area contributed by atoms with E-state index >= 15 is 0 Å². The van der Waals surface area contributed by atoms with Crippen molar-refractivity contribution < 1.29 is 4.74 Å². The fourth-order valence-electron chi connectivity index (χ4n) is 5.50. The van der Waals surface area contributed by atoms with E-state index in [1.807, 2.05) is 0 Å². The summed E-state index contributed by atoms with van der Waals surface area (Å²) in [6.45, 7) is 2.47. The van der Waals surface area contributed by atoms with Crippen molar-refractivity contribution in [1.82, 2.24) is 0 Å². The van der Waals surface area contributed by atoms with E-state index in [9.17, 15) is 0 Å². The van der Waals surface area contributed by atoms with Gasteiger partial charge in [-0.1, -0.05) is 127 Å². The molecule has 0 N–H and O–H groups in total. The average Bonchev–Trinajstić information content (AvgIpc) is 3.43. The summed E-state index contributed by atoms with van der Waals surface area (Å²) >= 11 is 0. The highest BCUT2D eigenvalue weighted by atomic mass is 31.1. The molecular weight excluding hydrogens is 469 g/mol. The van der Waals surface area contributed by atoms with E-state index in [1.54, 1.807) is 0 Å². The van der Waals surface area contributed by atoms with Gasteiger partial charge in [0.05, 0.1) is 24.9 Å². The molecule has 0 aromatic heterocycles. The lowest BCUT2D eigenvalue weighted by Gasteiger charge is -2.33. The Labute approximate surface area is 221 Å². The van der Waals surface area contributed by atoms with Crippen LogP contribution in [0.3, 0.4) is 0 Å². The predicted molar refractivity (Wildman–Crippen MR) is 159 cm³/mol. The van der Waals surface area contributed by atoms with Gasteiger partial charge in [0.2, 0.25) is 0 Å². The van der Waals surface area contributed by atoms with Crippen molar-refractivity contribution in [3.8, 4) is 0 Å². The monoisotopic (exact) mass is 501 g/mol. The van der Waals surface area contributed by atoms with Gasteiger partial charge in [0.15, 0.2) is 0 Å². The molecule has 0 aliphatic carbocycles. The molecule has 5 aromatic rings. The maximum atomic E-state index is 6.30. The van der Waals surface area contributed by atoms with Crippen molar-refractivity contribution >= 4 is 40.3 Å². The fraction of sp³-hybridized carbons (Fsp3) is 0.176. The third kappa shape index (κ3) is 5.18. The highest BCUT2D eigenvalue weighted by Crippen LogP contribution is 2.41. The molecule has 1 heterocycles. The Kier molecular flexibility index (Phi) is 7.30. The lowest BCUT2D eigenvalue weighted by Crippen LogP contribution is -2.37. The molecule has 1 aliphatic heterocycles. The molecule has 1 aliphatic rings. The maximum absolute atomic E-state index is 6.30. The van der Waals surface area contributed by atoms with Gasteiger partial charge < -0.3 is 9.64 Å². The van der Waals surface area contributed by atoms with Crippen molar-refractivity contribution in [2.24, 2.45) is 0 Å². The van der Waals surface area contributed by atoms with Gasteiger partial charge in [-0.05, 0) is 42.3 Å². The van der Waals surface area contributed by atoms with Crippen molar-refractivity contribution in [1.29, 1.82) is 0 Å². The molecule has 0 spiro atoms. The minimum atomic E-state index is -0.707. The Balaban J connectivity index is 1.42. The van der Waals surface area contributed by atoms with Gasteiger partial charge in [0.1, 0.15) is 0 Å². The number of rotatable bonds is 8. The highest BCUT2D eigenvalue weighted by Gasteiger charge is 2.31. The van der Waals surface area contributed by atoms with Crippen LogP contribution in [0.15, 0.2) is 127 Å². The number of ether oxygens (including phenoxy) is 1. The van der Waals surface area contributed by atoms with Crippen LogP contribution < -0.4 is 20.8 Å².